The van der Waals surface area contributed by atoms with Crippen LogP contribution in [-0.2, 0) is 11.3 Å². The highest BCUT2D eigenvalue weighted by molar-refractivity contribution is 7.07. The zero-order valence-electron chi connectivity index (χ0n) is 12.9. The molecule has 4 nitrogen and oxygen atoms in total. The fourth-order valence-corrected chi connectivity index (χ4v) is 2.77. The lowest BCUT2D eigenvalue weighted by molar-refractivity contribution is -0.123. The molecule has 0 bridgehead atoms. The Morgan fingerprint density at radius 2 is 2.14 bits per heavy atom. The zero-order chi connectivity index (χ0) is 16.3. The number of carbonyl (C=O) groups is 1. The number of hydrogen-bond acceptors (Lipinski definition) is 3. The highest BCUT2D eigenvalue weighted by atomic mass is 32.1. The quantitative estimate of drug-likeness (QED) is 0.920. The van der Waals surface area contributed by atoms with Crippen LogP contribution in [0, 0.1) is 5.82 Å². The second kappa shape index (κ2) is 6.44. The van der Waals surface area contributed by atoms with E-state index in [1.165, 1.54) is 16.7 Å². The summed E-state index contributed by atoms with van der Waals surface area (Å²) in [6.45, 7) is 5.76. The highest BCUT2D eigenvalue weighted by Gasteiger charge is 2.19. The van der Waals surface area contributed by atoms with Crippen LogP contribution in [0.15, 0.2) is 34.4 Å². The van der Waals surface area contributed by atoms with Crippen molar-refractivity contribution in [3.8, 4) is 11.3 Å². The number of thiazole rings is 1. The second-order valence-electron chi connectivity index (χ2n) is 5.77. The molecular formula is C16H19FN2O2S. The van der Waals surface area contributed by atoms with Gasteiger partial charge in [-0.25, -0.2) is 4.39 Å². The van der Waals surface area contributed by atoms with E-state index >= 15 is 0 Å². The van der Waals surface area contributed by atoms with E-state index in [-0.39, 0.29) is 28.7 Å². The molecule has 1 aromatic carbocycles. The minimum atomic E-state index is -0.376. The maximum atomic E-state index is 13.4. The molecule has 0 atom stereocenters. The SMILES string of the molecule is CCC(C)(C)NC(=O)Cn1c(-c2cccc(F)c2)csc1=O. The number of carbonyl (C=O) groups excluding carboxylic acids is 1. The number of rotatable bonds is 5. The first kappa shape index (κ1) is 16.4. The molecular weight excluding hydrogens is 303 g/mol. The Balaban J connectivity index is 2.28. The van der Waals surface area contributed by atoms with E-state index in [1.54, 1.807) is 17.5 Å². The van der Waals surface area contributed by atoms with E-state index in [4.69, 9.17) is 0 Å². The van der Waals surface area contributed by atoms with Crippen molar-refractivity contribution in [2.45, 2.75) is 39.3 Å². The van der Waals surface area contributed by atoms with Crippen molar-refractivity contribution in [3.63, 3.8) is 0 Å². The lowest BCUT2D eigenvalue weighted by Gasteiger charge is -2.24. The fraction of sp³-hybridized carbons (Fsp3) is 0.375. The molecule has 0 fully saturated rings. The lowest BCUT2D eigenvalue weighted by atomic mass is 10.0. The fourth-order valence-electron chi connectivity index (χ4n) is 2.00. The maximum Gasteiger partial charge on any atom is 0.308 e. The van der Waals surface area contributed by atoms with E-state index < -0.39 is 0 Å². The largest absolute Gasteiger partial charge is 0.350 e. The topological polar surface area (TPSA) is 51.1 Å². The number of amides is 1. The predicted molar refractivity (Wildman–Crippen MR) is 86.5 cm³/mol. The second-order valence-corrected chi connectivity index (χ2v) is 6.59. The molecule has 0 aliphatic heterocycles. The highest BCUT2D eigenvalue weighted by Crippen LogP contribution is 2.21. The first-order chi connectivity index (χ1) is 10.3. The van der Waals surface area contributed by atoms with Crippen molar-refractivity contribution >= 4 is 17.2 Å². The summed E-state index contributed by atoms with van der Waals surface area (Å²) in [7, 11) is 0. The van der Waals surface area contributed by atoms with Crippen LogP contribution in [0.5, 0.6) is 0 Å². The third kappa shape index (κ3) is 3.82. The minimum absolute atomic E-state index is 0.0718. The minimum Gasteiger partial charge on any atom is -0.350 e. The molecule has 0 aliphatic rings. The molecule has 2 rings (SSSR count). The van der Waals surface area contributed by atoms with E-state index in [0.29, 0.717) is 11.3 Å². The van der Waals surface area contributed by atoms with Gasteiger partial charge in [-0.1, -0.05) is 30.4 Å². The van der Waals surface area contributed by atoms with Crippen molar-refractivity contribution in [1.29, 1.82) is 0 Å². The standard InChI is InChI=1S/C16H19FN2O2S/c1-4-16(2,3)18-14(20)9-19-13(10-22-15(19)21)11-6-5-7-12(17)8-11/h5-8,10H,4,9H2,1-3H3,(H,18,20). The number of benzene rings is 1. The molecule has 0 spiro atoms. The van der Waals surface area contributed by atoms with Gasteiger partial charge in [-0.2, -0.15) is 0 Å². The van der Waals surface area contributed by atoms with E-state index in [0.717, 1.165) is 17.8 Å². The van der Waals surface area contributed by atoms with Crippen LogP contribution in [0.1, 0.15) is 27.2 Å². The van der Waals surface area contributed by atoms with Crippen molar-refractivity contribution < 1.29 is 9.18 Å². The van der Waals surface area contributed by atoms with Crippen LogP contribution in [0.2, 0.25) is 0 Å². The summed E-state index contributed by atoms with van der Waals surface area (Å²) in [5.41, 5.74) is 0.815. The number of nitrogens with one attached hydrogen (secondary N) is 1. The average molecular weight is 322 g/mol. The molecule has 0 aliphatic carbocycles. The zero-order valence-corrected chi connectivity index (χ0v) is 13.7. The van der Waals surface area contributed by atoms with Crippen LogP contribution >= 0.6 is 11.3 Å². The van der Waals surface area contributed by atoms with Crippen LogP contribution in [0.25, 0.3) is 11.3 Å². The number of hydrogen-bond donors (Lipinski definition) is 1. The van der Waals surface area contributed by atoms with Gasteiger partial charge in [0, 0.05) is 16.5 Å². The van der Waals surface area contributed by atoms with Crippen molar-refractivity contribution in [2.75, 3.05) is 0 Å². The summed E-state index contributed by atoms with van der Waals surface area (Å²) in [5, 5.41) is 4.54. The lowest BCUT2D eigenvalue weighted by Crippen LogP contribution is -2.45. The molecule has 0 radical (unpaired) electrons. The van der Waals surface area contributed by atoms with Crippen LogP contribution in [0.3, 0.4) is 0 Å². The molecule has 0 saturated carbocycles. The Bertz CT molecular complexity index is 734. The van der Waals surface area contributed by atoms with Gasteiger partial charge in [-0.05, 0) is 32.4 Å². The van der Waals surface area contributed by atoms with Crippen LogP contribution < -0.4 is 10.2 Å². The Labute approximate surface area is 132 Å². The molecule has 1 N–H and O–H groups in total. The van der Waals surface area contributed by atoms with Crippen LogP contribution in [0.4, 0.5) is 4.39 Å². The normalized spacial score (nSPS) is 11.5. The smallest absolute Gasteiger partial charge is 0.308 e. The first-order valence-corrected chi connectivity index (χ1v) is 7.95. The average Bonchev–Trinajstić information content (AvgIpc) is 2.80. The molecule has 118 valence electrons. The van der Waals surface area contributed by atoms with Gasteiger partial charge in [-0.3, -0.25) is 14.2 Å². The Kier molecular flexibility index (Phi) is 4.81. The molecule has 6 heteroatoms. The van der Waals surface area contributed by atoms with Crippen molar-refractivity contribution in [2.24, 2.45) is 0 Å². The molecule has 1 heterocycles. The number of nitrogens with zero attached hydrogens (tertiary/aromatic N) is 1. The number of aromatic nitrogens is 1. The predicted octanol–water partition coefficient (Wildman–Crippen LogP) is 3.02. The van der Waals surface area contributed by atoms with Gasteiger partial charge in [0.2, 0.25) is 5.91 Å². The van der Waals surface area contributed by atoms with E-state index in [1.807, 2.05) is 20.8 Å². The molecule has 1 aromatic heterocycles. The van der Waals surface area contributed by atoms with E-state index in [9.17, 15) is 14.0 Å². The van der Waals surface area contributed by atoms with E-state index in [2.05, 4.69) is 5.32 Å². The van der Waals surface area contributed by atoms with Gasteiger partial charge < -0.3 is 5.32 Å². The first-order valence-electron chi connectivity index (χ1n) is 7.07. The molecule has 22 heavy (non-hydrogen) atoms. The van der Waals surface area contributed by atoms with Crippen molar-refractivity contribution in [3.05, 3.63) is 45.1 Å². The third-order valence-electron chi connectivity index (χ3n) is 3.57. The van der Waals surface area contributed by atoms with Crippen LogP contribution in [-0.4, -0.2) is 16.0 Å². The van der Waals surface area contributed by atoms with Crippen molar-refractivity contribution in [1.82, 2.24) is 9.88 Å². The molecule has 2 aromatic rings. The van der Waals surface area contributed by atoms with Gasteiger partial charge >= 0.3 is 4.87 Å². The summed E-state index contributed by atoms with van der Waals surface area (Å²) in [6.07, 6.45) is 0.786. The number of halogens is 1. The third-order valence-corrected chi connectivity index (χ3v) is 4.33. The molecule has 0 saturated heterocycles. The van der Waals surface area contributed by atoms with Gasteiger partial charge in [0.25, 0.3) is 0 Å². The summed E-state index contributed by atoms with van der Waals surface area (Å²) >= 11 is 1.00. The summed E-state index contributed by atoms with van der Waals surface area (Å²) < 4.78 is 14.7. The summed E-state index contributed by atoms with van der Waals surface area (Å²) in [5.74, 6) is -0.607. The summed E-state index contributed by atoms with van der Waals surface area (Å²) in [4.78, 5) is 23.9. The van der Waals surface area contributed by atoms with Gasteiger partial charge in [0.1, 0.15) is 12.4 Å². The maximum absolute atomic E-state index is 13.4. The van der Waals surface area contributed by atoms with Gasteiger partial charge in [0.15, 0.2) is 0 Å². The summed E-state index contributed by atoms with van der Waals surface area (Å²) in [6, 6.07) is 5.99. The Hall–Kier alpha value is -1.95. The van der Waals surface area contributed by atoms with Gasteiger partial charge in [-0.15, -0.1) is 0 Å². The molecule has 0 unspecified atom stereocenters. The monoisotopic (exact) mass is 322 g/mol. The Morgan fingerprint density at radius 1 is 1.41 bits per heavy atom. The van der Waals surface area contributed by atoms with Gasteiger partial charge in [0.05, 0.1) is 5.69 Å². The Morgan fingerprint density at radius 3 is 2.77 bits per heavy atom. The molecule has 1 amide bonds.